The van der Waals surface area contributed by atoms with Crippen LogP contribution in [0.15, 0.2) is 33.9 Å². The topological polar surface area (TPSA) is 99.1 Å². The summed E-state index contributed by atoms with van der Waals surface area (Å²) >= 11 is 0. The second kappa shape index (κ2) is 7.12. The Kier molecular flexibility index (Phi) is 5.18. The lowest BCUT2D eigenvalue weighted by Crippen LogP contribution is -2.43. The van der Waals surface area contributed by atoms with Gasteiger partial charge in [-0.3, -0.25) is 18.7 Å². The Morgan fingerprint density at radius 3 is 2.46 bits per heavy atom. The van der Waals surface area contributed by atoms with Gasteiger partial charge in [-0.1, -0.05) is 6.92 Å². The summed E-state index contributed by atoms with van der Waals surface area (Å²) in [5.41, 5.74) is 4.91. The lowest BCUT2D eigenvalue weighted by atomic mass is 10.2. The number of nitrogens with two attached hydrogens (primary N) is 1. The van der Waals surface area contributed by atoms with Gasteiger partial charge in [-0.25, -0.2) is 9.18 Å². The van der Waals surface area contributed by atoms with Gasteiger partial charge >= 0.3 is 5.69 Å². The smallest absolute Gasteiger partial charge is 0.332 e. The Bertz CT molecular complexity index is 869. The Morgan fingerprint density at radius 2 is 1.88 bits per heavy atom. The predicted molar refractivity (Wildman–Crippen MR) is 89.9 cm³/mol. The van der Waals surface area contributed by atoms with Crippen LogP contribution in [0.1, 0.15) is 23.7 Å². The van der Waals surface area contributed by atoms with Crippen molar-refractivity contribution < 1.29 is 9.18 Å². The lowest BCUT2D eigenvalue weighted by molar-refractivity contribution is 0.100. The summed E-state index contributed by atoms with van der Waals surface area (Å²) in [5.74, 6) is -1.06. The second-order valence-corrected chi connectivity index (χ2v) is 5.34. The quantitative estimate of drug-likeness (QED) is 0.767. The zero-order valence-electron chi connectivity index (χ0n) is 13.5. The fourth-order valence-corrected chi connectivity index (χ4v) is 2.32. The van der Waals surface area contributed by atoms with Crippen LogP contribution in [0, 0.1) is 5.82 Å². The van der Waals surface area contributed by atoms with Gasteiger partial charge in [0.15, 0.2) is 5.78 Å². The minimum Gasteiger partial charge on any atom is -0.384 e. The number of carbonyl (C=O) groups excluding carboxylic acids is 1. The molecule has 8 heteroatoms. The first-order valence-corrected chi connectivity index (χ1v) is 7.48. The van der Waals surface area contributed by atoms with Crippen LogP contribution in [-0.4, -0.2) is 21.5 Å². The molecule has 1 aromatic carbocycles. The monoisotopic (exact) mass is 334 g/mol. The van der Waals surface area contributed by atoms with Crippen molar-refractivity contribution in [3.63, 3.8) is 0 Å². The molecule has 1 heterocycles. The molecule has 2 aromatic rings. The summed E-state index contributed by atoms with van der Waals surface area (Å²) in [6.07, 6.45) is 0.629. The average Bonchev–Trinajstić information content (AvgIpc) is 2.56. The van der Waals surface area contributed by atoms with Crippen molar-refractivity contribution >= 4 is 17.3 Å². The maximum atomic E-state index is 12.9. The number of halogens is 1. The Hall–Kier alpha value is -2.90. The summed E-state index contributed by atoms with van der Waals surface area (Å²) in [7, 11) is 1.31. The standard InChI is InChI=1S/C16H19FN4O3/c1-3-8-21-14(18)13(15(23)20(2)16(21)24)12(22)9-19-11-6-4-10(17)5-7-11/h4-7,19H,3,8-9,18H2,1-2H3. The average molecular weight is 334 g/mol. The highest BCUT2D eigenvalue weighted by Crippen LogP contribution is 2.10. The van der Waals surface area contributed by atoms with E-state index in [1.807, 2.05) is 6.92 Å². The molecule has 0 atom stereocenters. The molecule has 0 unspecified atom stereocenters. The van der Waals surface area contributed by atoms with Crippen LogP contribution in [0.5, 0.6) is 0 Å². The van der Waals surface area contributed by atoms with Gasteiger partial charge in [-0.05, 0) is 30.7 Å². The van der Waals surface area contributed by atoms with Gasteiger partial charge in [0.05, 0.1) is 6.54 Å². The molecular weight excluding hydrogens is 315 g/mol. The summed E-state index contributed by atoms with van der Waals surface area (Å²) in [6, 6.07) is 5.45. The largest absolute Gasteiger partial charge is 0.384 e. The molecule has 0 spiro atoms. The summed E-state index contributed by atoms with van der Waals surface area (Å²) in [6.45, 7) is 1.97. The number of Topliss-reactive ketones (excluding diaryl/α,β-unsaturated/α-hetero) is 1. The summed E-state index contributed by atoms with van der Waals surface area (Å²) in [5, 5.41) is 2.80. The van der Waals surface area contributed by atoms with E-state index in [-0.39, 0.29) is 17.9 Å². The van der Waals surface area contributed by atoms with Gasteiger partial charge in [0, 0.05) is 19.3 Å². The number of anilines is 2. The molecule has 24 heavy (non-hydrogen) atoms. The summed E-state index contributed by atoms with van der Waals surface area (Å²) < 4.78 is 15.0. The fraction of sp³-hybridized carbons (Fsp3) is 0.312. The van der Waals surface area contributed by atoms with Crippen LogP contribution < -0.4 is 22.3 Å². The molecule has 7 nitrogen and oxygen atoms in total. The molecule has 0 saturated heterocycles. The molecule has 0 bridgehead atoms. The molecule has 128 valence electrons. The number of hydrogen-bond acceptors (Lipinski definition) is 5. The van der Waals surface area contributed by atoms with E-state index in [1.54, 1.807) is 0 Å². The van der Waals surface area contributed by atoms with Crippen molar-refractivity contribution in [3.05, 3.63) is 56.5 Å². The molecule has 0 aliphatic carbocycles. The highest BCUT2D eigenvalue weighted by atomic mass is 19.1. The van der Waals surface area contributed by atoms with Crippen LogP contribution >= 0.6 is 0 Å². The first-order chi connectivity index (χ1) is 11.4. The lowest BCUT2D eigenvalue weighted by Gasteiger charge is -2.14. The van der Waals surface area contributed by atoms with Gasteiger partial charge in [0.25, 0.3) is 5.56 Å². The van der Waals surface area contributed by atoms with Gasteiger partial charge in [0.1, 0.15) is 17.2 Å². The molecule has 0 radical (unpaired) electrons. The van der Waals surface area contributed by atoms with E-state index in [4.69, 9.17) is 5.73 Å². The zero-order valence-corrected chi connectivity index (χ0v) is 13.5. The SMILES string of the molecule is CCCn1c(N)c(C(=O)CNc2ccc(F)cc2)c(=O)n(C)c1=O. The maximum absolute atomic E-state index is 12.9. The predicted octanol–water partition coefficient (Wildman–Crippen LogP) is 0.973. The van der Waals surface area contributed by atoms with Crippen LogP contribution in [0.2, 0.25) is 0 Å². The summed E-state index contributed by atoms with van der Waals surface area (Å²) in [4.78, 5) is 36.7. The minimum absolute atomic E-state index is 0.129. The van der Waals surface area contributed by atoms with Crippen molar-refractivity contribution in [2.75, 3.05) is 17.6 Å². The first-order valence-electron chi connectivity index (χ1n) is 7.48. The van der Waals surface area contributed by atoms with Gasteiger partial charge in [0.2, 0.25) is 0 Å². The fourth-order valence-electron chi connectivity index (χ4n) is 2.32. The Labute approximate surface area is 137 Å². The minimum atomic E-state index is -0.726. The van der Waals surface area contributed by atoms with Crippen molar-refractivity contribution in [1.29, 1.82) is 0 Å². The third-order valence-corrected chi connectivity index (χ3v) is 3.61. The molecule has 0 aliphatic heterocycles. The molecule has 0 fully saturated rings. The number of ketones is 1. The second-order valence-electron chi connectivity index (χ2n) is 5.34. The normalized spacial score (nSPS) is 10.6. The van der Waals surface area contributed by atoms with E-state index in [0.717, 1.165) is 4.57 Å². The number of benzene rings is 1. The number of rotatable bonds is 6. The van der Waals surface area contributed by atoms with Gasteiger partial charge < -0.3 is 11.1 Å². The number of nitrogens with zero attached hydrogens (tertiary/aromatic N) is 2. The van der Waals surface area contributed by atoms with Crippen molar-refractivity contribution in [3.8, 4) is 0 Å². The van der Waals surface area contributed by atoms with Crippen molar-refractivity contribution in [2.45, 2.75) is 19.9 Å². The number of aromatic nitrogens is 2. The number of carbonyl (C=O) groups is 1. The number of nitrogen functional groups attached to an aromatic ring is 1. The number of hydrogen-bond donors (Lipinski definition) is 2. The van der Waals surface area contributed by atoms with E-state index < -0.39 is 22.8 Å². The van der Waals surface area contributed by atoms with Gasteiger partial charge in [-0.15, -0.1) is 0 Å². The molecule has 0 amide bonds. The molecule has 0 aliphatic rings. The van der Waals surface area contributed by atoms with E-state index in [1.165, 1.54) is 35.9 Å². The molecule has 2 rings (SSSR count). The maximum Gasteiger partial charge on any atom is 0.332 e. The first kappa shape index (κ1) is 17.5. The Morgan fingerprint density at radius 1 is 1.25 bits per heavy atom. The van der Waals surface area contributed by atoms with E-state index >= 15 is 0 Å². The van der Waals surface area contributed by atoms with Crippen molar-refractivity contribution in [2.24, 2.45) is 7.05 Å². The van der Waals surface area contributed by atoms with Crippen molar-refractivity contribution in [1.82, 2.24) is 9.13 Å². The van der Waals surface area contributed by atoms with E-state index in [0.29, 0.717) is 18.7 Å². The molecule has 3 N–H and O–H groups in total. The van der Waals surface area contributed by atoms with Crippen LogP contribution in [0.25, 0.3) is 0 Å². The molecule has 1 aromatic heterocycles. The molecule has 0 saturated carbocycles. The Balaban J connectivity index is 2.33. The van der Waals surface area contributed by atoms with Crippen LogP contribution in [0.3, 0.4) is 0 Å². The molecular formula is C16H19FN4O3. The van der Waals surface area contributed by atoms with E-state index in [2.05, 4.69) is 5.32 Å². The van der Waals surface area contributed by atoms with Crippen LogP contribution in [-0.2, 0) is 13.6 Å². The third kappa shape index (κ3) is 3.37. The van der Waals surface area contributed by atoms with Crippen LogP contribution in [0.4, 0.5) is 15.9 Å². The zero-order chi connectivity index (χ0) is 17.9. The third-order valence-electron chi connectivity index (χ3n) is 3.61. The van der Waals surface area contributed by atoms with E-state index in [9.17, 15) is 18.8 Å². The highest BCUT2D eigenvalue weighted by Gasteiger charge is 2.20. The highest BCUT2D eigenvalue weighted by molar-refractivity contribution is 6.02. The van der Waals surface area contributed by atoms with Gasteiger partial charge in [-0.2, -0.15) is 0 Å². The number of nitrogens with one attached hydrogen (secondary N) is 1.